The molecule has 3 aromatic rings. The highest BCUT2D eigenvalue weighted by Crippen LogP contribution is 2.33. The number of nitrogens with zero attached hydrogens (tertiary/aromatic N) is 3. The largest absolute Gasteiger partial charge is 0.421 e. The van der Waals surface area contributed by atoms with E-state index in [9.17, 15) is 0 Å². The van der Waals surface area contributed by atoms with E-state index in [1.54, 1.807) is 23.7 Å². The average Bonchev–Trinajstić information content (AvgIpc) is 2.98. The molecule has 0 atom stereocenters. The fourth-order valence-corrected chi connectivity index (χ4v) is 3.20. The van der Waals surface area contributed by atoms with Gasteiger partial charge in [-0.25, -0.2) is 9.98 Å². The summed E-state index contributed by atoms with van der Waals surface area (Å²) in [5.74, 6) is 1.12. The van der Waals surface area contributed by atoms with Gasteiger partial charge in [-0.3, -0.25) is 4.98 Å². The van der Waals surface area contributed by atoms with Gasteiger partial charge in [0.1, 0.15) is 0 Å². The van der Waals surface area contributed by atoms with E-state index < -0.39 is 0 Å². The zero-order valence-corrected chi connectivity index (χ0v) is 14.7. The molecule has 0 saturated carbocycles. The topological polar surface area (TPSA) is 47.4 Å². The first-order chi connectivity index (χ1) is 11.7. The number of pyridine rings is 2. The fraction of sp³-hybridized carbons (Fsp3) is 0.211. The minimum atomic E-state index is 0.161. The fourth-order valence-electron chi connectivity index (χ4n) is 2.30. The van der Waals surface area contributed by atoms with Crippen molar-refractivity contribution in [2.24, 2.45) is 4.99 Å². The van der Waals surface area contributed by atoms with Crippen LogP contribution in [-0.2, 0) is 0 Å². The second kappa shape index (κ2) is 7.36. The molecule has 3 aromatic heterocycles. The van der Waals surface area contributed by atoms with Crippen LogP contribution in [0.5, 0.6) is 5.88 Å². The zero-order valence-electron chi connectivity index (χ0n) is 13.9. The highest BCUT2D eigenvalue weighted by molar-refractivity contribution is 7.17. The molecule has 0 N–H and O–H groups in total. The van der Waals surface area contributed by atoms with Crippen LogP contribution in [-0.4, -0.2) is 21.9 Å². The summed E-state index contributed by atoms with van der Waals surface area (Å²) in [4.78, 5) is 13.2. The molecule has 122 valence electrons. The molecule has 0 bridgehead atoms. The summed E-state index contributed by atoms with van der Waals surface area (Å²) in [5.41, 5.74) is 3.13. The van der Waals surface area contributed by atoms with Gasteiger partial charge >= 0.3 is 0 Å². The van der Waals surface area contributed by atoms with Gasteiger partial charge in [-0.1, -0.05) is 6.08 Å². The molecule has 24 heavy (non-hydrogen) atoms. The summed E-state index contributed by atoms with van der Waals surface area (Å²) in [6.07, 6.45) is 7.34. The normalized spacial score (nSPS) is 12.4. The van der Waals surface area contributed by atoms with Crippen LogP contribution in [0.3, 0.4) is 0 Å². The molecule has 0 aliphatic rings. The molecule has 5 heteroatoms. The maximum atomic E-state index is 5.88. The van der Waals surface area contributed by atoms with Crippen molar-refractivity contribution >= 4 is 27.5 Å². The van der Waals surface area contributed by atoms with Crippen LogP contribution in [0.25, 0.3) is 21.3 Å². The van der Waals surface area contributed by atoms with Gasteiger partial charge in [0.25, 0.3) is 0 Å². The van der Waals surface area contributed by atoms with Gasteiger partial charge in [-0.2, -0.15) is 0 Å². The molecule has 0 saturated heterocycles. The summed E-state index contributed by atoms with van der Waals surface area (Å²) in [6.45, 7) is 5.98. The van der Waals surface area contributed by atoms with Gasteiger partial charge in [0.15, 0.2) is 0 Å². The van der Waals surface area contributed by atoms with Crippen LogP contribution in [0.15, 0.2) is 59.2 Å². The lowest BCUT2D eigenvalue weighted by atomic mass is 10.1. The Hall–Kier alpha value is -2.53. The van der Waals surface area contributed by atoms with Gasteiger partial charge < -0.3 is 4.74 Å². The van der Waals surface area contributed by atoms with Crippen LogP contribution in [0.4, 0.5) is 0 Å². The minimum Gasteiger partial charge on any atom is -0.421 e. The summed E-state index contributed by atoms with van der Waals surface area (Å²) in [7, 11) is 0. The summed E-state index contributed by atoms with van der Waals surface area (Å²) in [5, 5.41) is 2.12. The number of ether oxygens (including phenoxy) is 1. The van der Waals surface area contributed by atoms with Gasteiger partial charge in [-0.15, -0.1) is 11.3 Å². The monoisotopic (exact) mass is 337 g/mol. The number of allylic oxidation sites excluding steroid dienone is 1. The molecule has 0 aliphatic carbocycles. The third kappa shape index (κ3) is 3.68. The Kier molecular flexibility index (Phi) is 5.01. The predicted octanol–water partition coefficient (Wildman–Crippen LogP) is 5.12. The van der Waals surface area contributed by atoms with E-state index in [1.807, 2.05) is 57.2 Å². The standard InChI is InChI=1S/C19H19N3OS/c1-4-5-17(21-13(2)3)23-18-7-6-16-19(22-18)15(12-24-16)14-8-10-20-11-9-14/h4-13H,1-3H3/b5-4-,21-17?. The van der Waals surface area contributed by atoms with Gasteiger partial charge in [0.2, 0.25) is 11.8 Å². The second-order valence-corrected chi connectivity index (χ2v) is 6.46. The van der Waals surface area contributed by atoms with Gasteiger partial charge in [0, 0.05) is 35.4 Å². The zero-order chi connectivity index (χ0) is 16.9. The molecule has 0 amide bonds. The lowest BCUT2D eigenvalue weighted by Crippen LogP contribution is -2.09. The summed E-state index contributed by atoms with van der Waals surface area (Å²) in [6, 6.07) is 8.06. The van der Waals surface area contributed by atoms with E-state index in [1.165, 1.54) is 0 Å². The molecule has 0 fully saturated rings. The van der Waals surface area contributed by atoms with Crippen molar-refractivity contribution in [1.82, 2.24) is 9.97 Å². The Bertz CT molecular complexity index is 882. The Morgan fingerprint density at radius 2 is 2.00 bits per heavy atom. The lowest BCUT2D eigenvalue weighted by molar-refractivity contribution is 0.526. The number of fused-ring (bicyclic) bond motifs is 1. The van der Waals surface area contributed by atoms with E-state index in [0.29, 0.717) is 11.8 Å². The number of thiophene rings is 1. The Morgan fingerprint density at radius 1 is 1.21 bits per heavy atom. The second-order valence-electron chi connectivity index (χ2n) is 5.54. The van der Waals surface area contributed by atoms with Gasteiger partial charge in [-0.05, 0) is 50.6 Å². The predicted molar refractivity (Wildman–Crippen MR) is 101 cm³/mol. The van der Waals surface area contributed by atoms with Crippen LogP contribution in [0.2, 0.25) is 0 Å². The third-order valence-electron chi connectivity index (χ3n) is 3.29. The van der Waals surface area contributed by atoms with E-state index in [-0.39, 0.29) is 6.04 Å². The number of aliphatic imine (C=N–C) groups is 1. The molecule has 4 nitrogen and oxygen atoms in total. The van der Waals surface area contributed by atoms with E-state index >= 15 is 0 Å². The molecule has 0 aliphatic heterocycles. The number of rotatable bonds is 4. The molecule has 0 aromatic carbocycles. The van der Waals surface area contributed by atoms with Crippen molar-refractivity contribution in [2.75, 3.05) is 0 Å². The Balaban J connectivity index is 1.99. The molecule has 0 radical (unpaired) electrons. The third-order valence-corrected chi connectivity index (χ3v) is 4.22. The van der Waals surface area contributed by atoms with Crippen LogP contribution in [0, 0.1) is 0 Å². The first-order valence-electron chi connectivity index (χ1n) is 7.84. The molecular weight excluding hydrogens is 318 g/mol. The van der Waals surface area contributed by atoms with Crippen molar-refractivity contribution in [3.05, 3.63) is 54.2 Å². The maximum Gasteiger partial charge on any atom is 0.221 e. The van der Waals surface area contributed by atoms with Crippen molar-refractivity contribution in [1.29, 1.82) is 0 Å². The van der Waals surface area contributed by atoms with E-state index in [4.69, 9.17) is 9.72 Å². The molecular formula is C19H19N3OS. The highest BCUT2D eigenvalue weighted by atomic mass is 32.1. The smallest absolute Gasteiger partial charge is 0.221 e. The summed E-state index contributed by atoms with van der Waals surface area (Å²) >= 11 is 1.67. The SMILES string of the molecule is C/C=C\C(=NC(C)C)Oc1ccc2scc(-c3ccncc3)c2n1. The van der Waals surface area contributed by atoms with Crippen LogP contribution in [0.1, 0.15) is 20.8 Å². The average molecular weight is 337 g/mol. The van der Waals surface area contributed by atoms with E-state index in [2.05, 4.69) is 15.4 Å². The Morgan fingerprint density at radius 3 is 2.71 bits per heavy atom. The number of hydrogen-bond acceptors (Lipinski definition) is 5. The molecule has 3 rings (SSSR count). The summed E-state index contributed by atoms with van der Waals surface area (Å²) < 4.78 is 7.01. The highest BCUT2D eigenvalue weighted by Gasteiger charge is 2.10. The van der Waals surface area contributed by atoms with Crippen LogP contribution >= 0.6 is 11.3 Å². The number of hydrogen-bond donors (Lipinski definition) is 0. The molecule has 0 spiro atoms. The van der Waals surface area contributed by atoms with E-state index in [0.717, 1.165) is 21.3 Å². The Labute approximate surface area is 145 Å². The van der Waals surface area contributed by atoms with Crippen molar-refractivity contribution < 1.29 is 4.74 Å². The van der Waals surface area contributed by atoms with Crippen molar-refractivity contribution in [3.63, 3.8) is 0 Å². The molecule has 3 heterocycles. The lowest BCUT2D eigenvalue weighted by Gasteiger charge is -2.07. The number of aromatic nitrogens is 2. The van der Waals surface area contributed by atoms with Gasteiger partial charge in [0.05, 0.1) is 10.2 Å². The van der Waals surface area contributed by atoms with Crippen molar-refractivity contribution in [2.45, 2.75) is 26.8 Å². The first kappa shape index (κ1) is 16.3. The first-order valence-corrected chi connectivity index (χ1v) is 8.72. The van der Waals surface area contributed by atoms with Crippen LogP contribution < -0.4 is 4.74 Å². The molecule has 0 unspecified atom stereocenters. The maximum absolute atomic E-state index is 5.88. The van der Waals surface area contributed by atoms with Crippen molar-refractivity contribution in [3.8, 4) is 17.0 Å². The quantitative estimate of drug-likeness (QED) is 0.490. The minimum absolute atomic E-state index is 0.161.